The molecule has 1 aliphatic heterocycles. The molecule has 0 saturated carbocycles. The first-order valence-corrected chi connectivity index (χ1v) is 6.86. The Kier molecular flexibility index (Phi) is 3.83. The van der Waals surface area contributed by atoms with Crippen LogP contribution < -0.4 is 5.32 Å². The number of aryl methyl sites for hydroxylation is 1. The van der Waals surface area contributed by atoms with E-state index >= 15 is 0 Å². The monoisotopic (exact) mass is 279 g/mol. The summed E-state index contributed by atoms with van der Waals surface area (Å²) in [6.07, 6.45) is 2.22. The standard InChI is InChI=1S/C14H21N3O3/c1-5-10-12(15-8-20-10)13(19)16-9-6-11(18)17(7-9)14(2,3)4/h8-9H,5-7H2,1-4H3,(H,16,19). The highest BCUT2D eigenvalue weighted by molar-refractivity contribution is 5.94. The second kappa shape index (κ2) is 5.26. The minimum atomic E-state index is -0.274. The maximum absolute atomic E-state index is 12.1. The maximum Gasteiger partial charge on any atom is 0.273 e. The molecule has 0 aliphatic carbocycles. The molecule has 2 amide bonds. The van der Waals surface area contributed by atoms with Gasteiger partial charge in [-0.2, -0.15) is 0 Å². The first kappa shape index (κ1) is 14.6. The van der Waals surface area contributed by atoms with Crippen molar-refractivity contribution in [1.82, 2.24) is 15.2 Å². The van der Waals surface area contributed by atoms with Crippen molar-refractivity contribution in [3.8, 4) is 0 Å². The third-order valence-corrected chi connectivity index (χ3v) is 3.45. The molecule has 6 heteroatoms. The van der Waals surface area contributed by atoms with Crippen molar-refractivity contribution in [3.05, 3.63) is 17.8 Å². The Labute approximate surface area is 118 Å². The lowest BCUT2D eigenvalue weighted by Gasteiger charge is -2.32. The van der Waals surface area contributed by atoms with Gasteiger partial charge in [0.15, 0.2) is 12.1 Å². The third kappa shape index (κ3) is 2.84. The molecule has 1 atom stereocenters. The van der Waals surface area contributed by atoms with Gasteiger partial charge in [-0.15, -0.1) is 0 Å². The summed E-state index contributed by atoms with van der Waals surface area (Å²) < 4.78 is 5.15. The number of nitrogens with one attached hydrogen (secondary N) is 1. The van der Waals surface area contributed by atoms with E-state index in [0.717, 1.165) is 0 Å². The van der Waals surface area contributed by atoms with Crippen LogP contribution in [-0.2, 0) is 11.2 Å². The quantitative estimate of drug-likeness (QED) is 0.906. The molecule has 110 valence electrons. The highest BCUT2D eigenvalue weighted by Gasteiger charge is 2.37. The van der Waals surface area contributed by atoms with Gasteiger partial charge in [-0.05, 0) is 20.8 Å². The second-order valence-corrected chi connectivity index (χ2v) is 6.03. The van der Waals surface area contributed by atoms with Crippen LogP contribution in [0.15, 0.2) is 10.8 Å². The van der Waals surface area contributed by atoms with Gasteiger partial charge in [0, 0.05) is 24.9 Å². The van der Waals surface area contributed by atoms with Crippen LogP contribution in [0.4, 0.5) is 0 Å². The Morgan fingerprint density at radius 1 is 1.55 bits per heavy atom. The van der Waals surface area contributed by atoms with E-state index < -0.39 is 0 Å². The second-order valence-electron chi connectivity index (χ2n) is 6.03. The van der Waals surface area contributed by atoms with Crippen molar-refractivity contribution in [3.63, 3.8) is 0 Å². The van der Waals surface area contributed by atoms with E-state index in [2.05, 4.69) is 10.3 Å². The molecular formula is C14H21N3O3. The minimum Gasteiger partial charge on any atom is -0.448 e. The molecule has 2 rings (SSSR count). The Morgan fingerprint density at radius 3 is 2.80 bits per heavy atom. The lowest BCUT2D eigenvalue weighted by Crippen LogP contribution is -2.44. The number of carbonyl (C=O) groups excluding carboxylic acids is 2. The number of aromatic nitrogens is 1. The van der Waals surface area contributed by atoms with Gasteiger partial charge in [0.2, 0.25) is 5.91 Å². The minimum absolute atomic E-state index is 0.0682. The molecule has 1 aliphatic rings. The SMILES string of the molecule is CCc1ocnc1C(=O)NC1CC(=O)N(C(C)(C)C)C1. The summed E-state index contributed by atoms with van der Waals surface area (Å²) in [5, 5.41) is 2.86. The van der Waals surface area contributed by atoms with Gasteiger partial charge in [-0.25, -0.2) is 4.98 Å². The van der Waals surface area contributed by atoms with E-state index in [0.29, 0.717) is 30.8 Å². The summed E-state index contributed by atoms with van der Waals surface area (Å²) >= 11 is 0. The fraction of sp³-hybridized carbons (Fsp3) is 0.643. The van der Waals surface area contributed by atoms with Gasteiger partial charge in [0.25, 0.3) is 5.91 Å². The molecule has 1 fully saturated rings. The van der Waals surface area contributed by atoms with Crippen molar-refractivity contribution in [2.24, 2.45) is 0 Å². The van der Waals surface area contributed by atoms with Crippen LogP contribution in [0.25, 0.3) is 0 Å². The zero-order valence-electron chi connectivity index (χ0n) is 12.4. The van der Waals surface area contributed by atoms with Crippen molar-refractivity contribution in [1.29, 1.82) is 0 Å². The largest absolute Gasteiger partial charge is 0.448 e. The lowest BCUT2D eigenvalue weighted by atomic mass is 10.1. The van der Waals surface area contributed by atoms with Crippen LogP contribution in [0.5, 0.6) is 0 Å². The van der Waals surface area contributed by atoms with Gasteiger partial charge >= 0.3 is 0 Å². The number of rotatable bonds is 3. The topological polar surface area (TPSA) is 75.4 Å². The Morgan fingerprint density at radius 2 is 2.25 bits per heavy atom. The molecule has 0 bridgehead atoms. The van der Waals surface area contributed by atoms with Crippen LogP contribution >= 0.6 is 0 Å². The predicted molar refractivity (Wildman–Crippen MR) is 73.2 cm³/mol. The lowest BCUT2D eigenvalue weighted by molar-refractivity contribution is -0.131. The molecule has 1 aromatic heterocycles. The molecule has 20 heavy (non-hydrogen) atoms. The molecule has 6 nitrogen and oxygen atoms in total. The smallest absolute Gasteiger partial charge is 0.273 e. The number of likely N-dealkylation sites (tertiary alicyclic amines) is 1. The number of carbonyl (C=O) groups is 2. The number of hydrogen-bond acceptors (Lipinski definition) is 4. The molecule has 0 spiro atoms. The molecule has 1 saturated heterocycles. The summed E-state index contributed by atoms with van der Waals surface area (Å²) in [5.41, 5.74) is 0.0909. The summed E-state index contributed by atoms with van der Waals surface area (Å²) in [4.78, 5) is 29.8. The van der Waals surface area contributed by atoms with E-state index in [1.807, 2.05) is 27.7 Å². The van der Waals surface area contributed by atoms with Crippen LogP contribution in [0.2, 0.25) is 0 Å². The van der Waals surface area contributed by atoms with Gasteiger partial charge in [-0.1, -0.05) is 6.92 Å². The van der Waals surface area contributed by atoms with Crippen molar-refractivity contribution < 1.29 is 14.0 Å². The van der Waals surface area contributed by atoms with E-state index in [-0.39, 0.29) is 23.4 Å². The fourth-order valence-electron chi connectivity index (χ4n) is 2.41. The average molecular weight is 279 g/mol. The fourth-order valence-corrected chi connectivity index (χ4v) is 2.41. The van der Waals surface area contributed by atoms with Crippen molar-refractivity contribution in [2.45, 2.75) is 52.1 Å². The Hall–Kier alpha value is -1.85. The zero-order valence-corrected chi connectivity index (χ0v) is 12.4. The number of oxazole rings is 1. The van der Waals surface area contributed by atoms with Crippen LogP contribution in [0.3, 0.4) is 0 Å². The Balaban J connectivity index is 2.02. The van der Waals surface area contributed by atoms with Crippen LogP contribution in [0.1, 0.15) is 50.4 Å². The van der Waals surface area contributed by atoms with Gasteiger partial charge < -0.3 is 14.6 Å². The van der Waals surface area contributed by atoms with Gasteiger partial charge in [-0.3, -0.25) is 9.59 Å². The summed E-state index contributed by atoms with van der Waals surface area (Å²) in [6.45, 7) is 8.40. The zero-order chi connectivity index (χ0) is 14.9. The molecule has 2 heterocycles. The average Bonchev–Trinajstić information content (AvgIpc) is 2.94. The third-order valence-electron chi connectivity index (χ3n) is 3.45. The molecule has 1 aromatic rings. The molecular weight excluding hydrogens is 258 g/mol. The number of amides is 2. The first-order valence-electron chi connectivity index (χ1n) is 6.86. The molecule has 0 aromatic carbocycles. The van der Waals surface area contributed by atoms with Gasteiger partial charge in [0.05, 0.1) is 6.04 Å². The Bertz CT molecular complexity index is 516. The number of hydrogen-bond donors (Lipinski definition) is 1. The van der Waals surface area contributed by atoms with E-state index in [4.69, 9.17) is 4.42 Å². The van der Waals surface area contributed by atoms with E-state index in [1.54, 1.807) is 4.90 Å². The van der Waals surface area contributed by atoms with Crippen LogP contribution in [0, 0.1) is 0 Å². The highest BCUT2D eigenvalue weighted by atomic mass is 16.3. The van der Waals surface area contributed by atoms with Crippen LogP contribution in [-0.4, -0.2) is 39.8 Å². The summed E-state index contributed by atoms with van der Waals surface area (Å²) in [5.74, 6) is 0.363. The summed E-state index contributed by atoms with van der Waals surface area (Å²) in [6, 6.07) is -0.171. The predicted octanol–water partition coefficient (Wildman–Crippen LogP) is 1.37. The summed E-state index contributed by atoms with van der Waals surface area (Å²) in [7, 11) is 0. The molecule has 0 radical (unpaired) electrons. The van der Waals surface area contributed by atoms with E-state index in [1.165, 1.54) is 6.39 Å². The normalized spacial score (nSPS) is 19.5. The van der Waals surface area contributed by atoms with Crippen molar-refractivity contribution in [2.75, 3.05) is 6.54 Å². The van der Waals surface area contributed by atoms with E-state index in [9.17, 15) is 9.59 Å². The molecule has 1 N–H and O–H groups in total. The highest BCUT2D eigenvalue weighted by Crippen LogP contribution is 2.22. The first-order chi connectivity index (χ1) is 9.32. The number of nitrogens with zero attached hydrogens (tertiary/aromatic N) is 2. The molecule has 1 unspecified atom stereocenters. The van der Waals surface area contributed by atoms with Gasteiger partial charge in [0.1, 0.15) is 5.76 Å². The maximum atomic E-state index is 12.1. The van der Waals surface area contributed by atoms with Crippen molar-refractivity contribution >= 4 is 11.8 Å².